The van der Waals surface area contributed by atoms with Crippen molar-refractivity contribution < 1.29 is 4.79 Å². The topological polar surface area (TPSA) is 55.1 Å². The second kappa shape index (κ2) is 4.92. The number of rotatable bonds is 3. The Balaban J connectivity index is 2.18. The van der Waals surface area contributed by atoms with Crippen LogP contribution in [-0.2, 0) is 6.54 Å². The first kappa shape index (κ1) is 10.9. The number of thiophene rings is 1. The number of para-hydroxylation sites is 1. The summed E-state index contributed by atoms with van der Waals surface area (Å²) in [6.45, 7) is 0.417. The lowest BCUT2D eigenvalue weighted by molar-refractivity contribution is 0.102. The average molecular weight is 232 g/mol. The SMILES string of the molecule is NCc1ccccc1NC(=O)c1ccsc1. The molecular formula is C12H12N2OS. The molecule has 0 fully saturated rings. The normalized spacial score (nSPS) is 10.1. The van der Waals surface area contributed by atoms with Gasteiger partial charge < -0.3 is 11.1 Å². The quantitative estimate of drug-likeness (QED) is 0.854. The third-order valence-electron chi connectivity index (χ3n) is 2.27. The van der Waals surface area contributed by atoms with E-state index in [0.717, 1.165) is 11.3 Å². The molecule has 3 nitrogen and oxygen atoms in total. The number of hydrogen-bond donors (Lipinski definition) is 2. The molecule has 1 heterocycles. The van der Waals surface area contributed by atoms with E-state index in [-0.39, 0.29) is 5.91 Å². The van der Waals surface area contributed by atoms with Crippen molar-refractivity contribution in [2.75, 3.05) is 5.32 Å². The summed E-state index contributed by atoms with van der Waals surface area (Å²) in [7, 11) is 0. The summed E-state index contributed by atoms with van der Waals surface area (Å²) in [6, 6.07) is 9.34. The zero-order valence-corrected chi connectivity index (χ0v) is 9.46. The summed E-state index contributed by atoms with van der Waals surface area (Å²) in [6.07, 6.45) is 0. The first-order chi connectivity index (χ1) is 7.81. The molecule has 0 aliphatic rings. The van der Waals surface area contributed by atoms with Gasteiger partial charge in [-0.3, -0.25) is 4.79 Å². The van der Waals surface area contributed by atoms with Crippen LogP contribution in [0.25, 0.3) is 0 Å². The van der Waals surface area contributed by atoms with E-state index in [1.54, 1.807) is 6.07 Å². The second-order valence-corrected chi connectivity index (χ2v) is 4.11. The van der Waals surface area contributed by atoms with E-state index in [2.05, 4.69) is 5.32 Å². The van der Waals surface area contributed by atoms with Crippen LogP contribution in [-0.4, -0.2) is 5.91 Å². The van der Waals surface area contributed by atoms with Crippen LogP contribution in [0.4, 0.5) is 5.69 Å². The summed E-state index contributed by atoms with van der Waals surface area (Å²) in [5, 5.41) is 6.55. The molecule has 0 atom stereocenters. The zero-order valence-electron chi connectivity index (χ0n) is 8.64. The summed E-state index contributed by atoms with van der Waals surface area (Å²) >= 11 is 1.50. The fourth-order valence-corrected chi connectivity index (χ4v) is 2.04. The van der Waals surface area contributed by atoms with Crippen molar-refractivity contribution >= 4 is 22.9 Å². The van der Waals surface area contributed by atoms with E-state index >= 15 is 0 Å². The number of nitrogens with two attached hydrogens (primary N) is 1. The maximum absolute atomic E-state index is 11.8. The Morgan fingerprint density at radius 1 is 1.31 bits per heavy atom. The molecule has 2 rings (SSSR count). The number of anilines is 1. The van der Waals surface area contributed by atoms with Crippen LogP contribution in [0, 0.1) is 0 Å². The maximum atomic E-state index is 11.8. The van der Waals surface area contributed by atoms with Gasteiger partial charge in [-0.1, -0.05) is 18.2 Å². The molecule has 0 saturated carbocycles. The molecule has 0 aliphatic carbocycles. The molecule has 2 aromatic rings. The second-order valence-electron chi connectivity index (χ2n) is 3.33. The predicted octanol–water partition coefficient (Wildman–Crippen LogP) is 2.46. The number of hydrogen-bond acceptors (Lipinski definition) is 3. The van der Waals surface area contributed by atoms with Gasteiger partial charge in [-0.2, -0.15) is 11.3 Å². The number of carbonyl (C=O) groups excluding carboxylic acids is 1. The monoisotopic (exact) mass is 232 g/mol. The van der Waals surface area contributed by atoms with Crippen molar-refractivity contribution in [2.45, 2.75) is 6.54 Å². The first-order valence-electron chi connectivity index (χ1n) is 4.93. The van der Waals surface area contributed by atoms with Gasteiger partial charge >= 0.3 is 0 Å². The van der Waals surface area contributed by atoms with Crippen LogP contribution >= 0.6 is 11.3 Å². The number of nitrogens with one attached hydrogen (secondary N) is 1. The summed E-state index contributed by atoms with van der Waals surface area (Å²) in [5.41, 5.74) is 7.99. The fraction of sp³-hybridized carbons (Fsp3) is 0.0833. The highest BCUT2D eigenvalue weighted by Gasteiger charge is 2.07. The Hall–Kier alpha value is -1.65. The smallest absolute Gasteiger partial charge is 0.256 e. The van der Waals surface area contributed by atoms with E-state index in [1.165, 1.54) is 11.3 Å². The Morgan fingerprint density at radius 2 is 2.12 bits per heavy atom. The molecule has 1 amide bonds. The Bertz CT molecular complexity index is 480. The van der Waals surface area contributed by atoms with E-state index in [4.69, 9.17) is 5.73 Å². The van der Waals surface area contributed by atoms with Gasteiger partial charge in [0, 0.05) is 17.6 Å². The van der Waals surface area contributed by atoms with Crippen LogP contribution in [0.3, 0.4) is 0 Å². The van der Waals surface area contributed by atoms with E-state index in [1.807, 2.05) is 35.0 Å². The van der Waals surface area contributed by atoms with Crippen molar-refractivity contribution in [3.63, 3.8) is 0 Å². The Morgan fingerprint density at radius 3 is 2.81 bits per heavy atom. The van der Waals surface area contributed by atoms with Gasteiger partial charge in [0.15, 0.2) is 0 Å². The summed E-state index contributed by atoms with van der Waals surface area (Å²) < 4.78 is 0. The zero-order chi connectivity index (χ0) is 11.4. The van der Waals surface area contributed by atoms with Crippen LogP contribution in [0.15, 0.2) is 41.1 Å². The standard InChI is InChI=1S/C12H12N2OS/c13-7-9-3-1-2-4-11(9)14-12(15)10-5-6-16-8-10/h1-6,8H,7,13H2,(H,14,15). The minimum atomic E-state index is -0.0952. The van der Waals surface area contributed by atoms with E-state index in [9.17, 15) is 4.79 Å². The minimum absolute atomic E-state index is 0.0952. The van der Waals surface area contributed by atoms with Gasteiger partial charge in [-0.25, -0.2) is 0 Å². The van der Waals surface area contributed by atoms with Crippen LogP contribution in [0.5, 0.6) is 0 Å². The molecule has 1 aromatic heterocycles. The third-order valence-corrected chi connectivity index (χ3v) is 2.95. The molecular weight excluding hydrogens is 220 g/mol. The first-order valence-corrected chi connectivity index (χ1v) is 5.87. The van der Waals surface area contributed by atoms with Crippen molar-refractivity contribution in [3.05, 3.63) is 52.2 Å². The molecule has 4 heteroatoms. The number of benzene rings is 1. The van der Waals surface area contributed by atoms with Crippen molar-refractivity contribution in [2.24, 2.45) is 5.73 Å². The predicted molar refractivity (Wildman–Crippen MR) is 66.6 cm³/mol. The van der Waals surface area contributed by atoms with E-state index in [0.29, 0.717) is 12.1 Å². The van der Waals surface area contributed by atoms with Gasteiger partial charge in [0.05, 0.1) is 5.56 Å². The maximum Gasteiger partial charge on any atom is 0.256 e. The van der Waals surface area contributed by atoms with Gasteiger partial charge in [0.1, 0.15) is 0 Å². The lowest BCUT2D eigenvalue weighted by Crippen LogP contribution is -2.13. The highest BCUT2D eigenvalue weighted by molar-refractivity contribution is 7.08. The van der Waals surface area contributed by atoms with Gasteiger partial charge in [0.25, 0.3) is 5.91 Å². The lowest BCUT2D eigenvalue weighted by Gasteiger charge is -2.08. The average Bonchev–Trinajstić information content (AvgIpc) is 2.83. The Labute approximate surface area is 97.9 Å². The largest absolute Gasteiger partial charge is 0.326 e. The molecule has 82 valence electrons. The van der Waals surface area contributed by atoms with Crippen molar-refractivity contribution in [1.82, 2.24) is 0 Å². The molecule has 0 saturated heterocycles. The Kier molecular flexibility index (Phi) is 3.34. The van der Waals surface area contributed by atoms with E-state index < -0.39 is 0 Å². The summed E-state index contributed by atoms with van der Waals surface area (Å²) in [4.78, 5) is 11.8. The van der Waals surface area contributed by atoms with Crippen molar-refractivity contribution in [1.29, 1.82) is 0 Å². The molecule has 3 N–H and O–H groups in total. The lowest BCUT2D eigenvalue weighted by atomic mass is 10.1. The molecule has 1 aromatic carbocycles. The molecule has 16 heavy (non-hydrogen) atoms. The van der Waals surface area contributed by atoms with Crippen LogP contribution in [0.2, 0.25) is 0 Å². The van der Waals surface area contributed by atoms with Crippen molar-refractivity contribution in [3.8, 4) is 0 Å². The molecule has 0 radical (unpaired) electrons. The molecule has 0 spiro atoms. The van der Waals surface area contributed by atoms with Gasteiger partial charge in [-0.15, -0.1) is 0 Å². The minimum Gasteiger partial charge on any atom is -0.326 e. The van der Waals surface area contributed by atoms with Crippen LogP contribution in [0.1, 0.15) is 15.9 Å². The third kappa shape index (κ3) is 2.29. The molecule has 0 unspecified atom stereocenters. The van der Waals surface area contributed by atoms with Gasteiger partial charge in [0.2, 0.25) is 0 Å². The molecule has 0 bridgehead atoms. The van der Waals surface area contributed by atoms with Crippen LogP contribution < -0.4 is 11.1 Å². The molecule has 0 aliphatic heterocycles. The fourth-order valence-electron chi connectivity index (χ4n) is 1.41. The number of amides is 1. The number of carbonyl (C=O) groups is 1. The highest BCUT2D eigenvalue weighted by atomic mass is 32.1. The summed E-state index contributed by atoms with van der Waals surface area (Å²) in [5.74, 6) is -0.0952. The van der Waals surface area contributed by atoms with Gasteiger partial charge in [-0.05, 0) is 23.1 Å². The highest BCUT2D eigenvalue weighted by Crippen LogP contribution is 2.16.